The average molecular weight is 276 g/mol. The monoisotopic (exact) mass is 276 g/mol. The van der Waals surface area contributed by atoms with E-state index >= 15 is 0 Å². The molecular formula is C15H20N2O3. The summed E-state index contributed by atoms with van der Waals surface area (Å²) in [6.45, 7) is 4.11. The Morgan fingerprint density at radius 2 is 2.10 bits per heavy atom. The summed E-state index contributed by atoms with van der Waals surface area (Å²) in [5.41, 5.74) is 1.72. The van der Waals surface area contributed by atoms with Crippen LogP contribution in [0.4, 0.5) is 5.69 Å². The first-order valence-corrected chi connectivity index (χ1v) is 6.79. The van der Waals surface area contributed by atoms with E-state index in [1.165, 1.54) is 0 Å². The molecule has 0 spiro atoms. The number of ether oxygens (including phenoxy) is 1. The highest BCUT2D eigenvalue weighted by Gasteiger charge is 2.37. The summed E-state index contributed by atoms with van der Waals surface area (Å²) in [6.07, 6.45) is 0.589. The van der Waals surface area contributed by atoms with Gasteiger partial charge in [0.05, 0.1) is 6.61 Å². The molecule has 1 fully saturated rings. The lowest BCUT2D eigenvalue weighted by molar-refractivity contribution is -0.133. The average Bonchev–Trinajstić information content (AvgIpc) is 2.44. The third-order valence-electron chi connectivity index (χ3n) is 3.53. The minimum atomic E-state index is -0.497. The SMILES string of the molecule is CCC1NC(=O)C(C)N(c2cccc(COC)c2)C1=O. The Morgan fingerprint density at radius 3 is 2.75 bits per heavy atom. The van der Waals surface area contributed by atoms with E-state index in [-0.39, 0.29) is 11.8 Å². The number of hydrogen-bond donors (Lipinski definition) is 1. The largest absolute Gasteiger partial charge is 0.380 e. The Morgan fingerprint density at radius 1 is 1.35 bits per heavy atom. The smallest absolute Gasteiger partial charge is 0.250 e. The summed E-state index contributed by atoms with van der Waals surface area (Å²) < 4.78 is 5.10. The van der Waals surface area contributed by atoms with Crippen molar-refractivity contribution >= 4 is 17.5 Å². The van der Waals surface area contributed by atoms with Crippen LogP contribution in [0.2, 0.25) is 0 Å². The first kappa shape index (κ1) is 14.5. The van der Waals surface area contributed by atoms with Gasteiger partial charge in [0.15, 0.2) is 0 Å². The van der Waals surface area contributed by atoms with Crippen molar-refractivity contribution in [1.82, 2.24) is 5.32 Å². The number of nitrogens with zero attached hydrogens (tertiary/aromatic N) is 1. The maximum atomic E-state index is 12.5. The number of nitrogens with one attached hydrogen (secondary N) is 1. The normalized spacial score (nSPS) is 22.9. The van der Waals surface area contributed by atoms with Crippen molar-refractivity contribution in [3.63, 3.8) is 0 Å². The second kappa shape index (κ2) is 6.05. The molecule has 5 nitrogen and oxygen atoms in total. The van der Waals surface area contributed by atoms with Crippen LogP contribution >= 0.6 is 0 Å². The zero-order valence-electron chi connectivity index (χ0n) is 12.1. The second-order valence-electron chi connectivity index (χ2n) is 4.96. The predicted octanol–water partition coefficient (Wildman–Crippen LogP) is 1.46. The summed E-state index contributed by atoms with van der Waals surface area (Å²) in [5.74, 6) is -0.178. The molecule has 5 heteroatoms. The molecule has 1 heterocycles. The van der Waals surface area contributed by atoms with Gasteiger partial charge in [0.25, 0.3) is 0 Å². The molecule has 1 N–H and O–H groups in total. The molecule has 0 bridgehead atoms. The van der Waals surface area contributed by atoms with E-state index in [0.717, 1.165) is 11.3 Å². The van der Waals surface area contributed by atoms with Crippen molar-refractivity contribution in [2.75, 3.05) is 12.0 Å². The summed E-state index contributed by atoms with van der Waals surface area (Å²) in [7, 11) is 1.63. The summed E-state index contributed by atoms with van der Waals surface area (Å²) >= 11 is 0. The van der Waals surface area contributed by atoms with Gasteiger partial charge in [-0.1, -0.05) is 19.1 Å². The number of anilines is 1. The Labute approximate surface area is 118 Å². The fourth-order valence-electron chi connectivity index (χ4n) is 2.42. The molecule has 108 valence electrons. The van der Waals surface area contributed by atoms with Gasteiger partial charge in [0, 0.05) is 12.8 Å². The molecule has 0 radical (unpaired) electrons. The number of carbonyl (C=O) groups excluding carboxylic acids is 2. The number of benzene rings is 1. The number of hydrogen-bond acceptors (Lipinski definition) is 3. The van der Waals surface area contributed by atoms with Crippen LogP contribution in [0.3, 0.4) is 0 Å². The van der Waals surface area contributed by atoms with E-state index in [2.05, 4.69) is 5.32 Å². The third-order valence-corrected chi connectivity index (χ3v) is 3.53. The first-order chi connectivity index (χ1) is 9.58. The van der Waals surface area contributed by atoms with Crippen molar-refractivity contribution in [2.45, 2.75) is 39.0 Å². The second-order valence-corrected chi connectivity index (χ2v) is 4.96. The molecule has 0 aromatic heterocycles. The molecular weight excluding hydrogens is 256 g/mol. The molecule has 2 unspecified atom stereocenters. The minimum Gasteiger partial charge on any atom is -0.380 e. The Balaban J connectivity index is 2.34. The number of carbonyl (C=O) groups is 2. The van der Waals surface area contributed by atoms with E-state index in [1.54, 1.807) is 18.9 Å². The van der Waals surface area contributed by atoms with Crippen molar-refractivity contribution in [3.8, 4) is 0 Å². The Hall–Kier alpha value is -1.88. The lowest BCUT2D eigenvalue weighted by Gasteiger charge is -2.37. The standard InChI is InChI=1S/C15H20N2O3/c1-4-13-15(19)17(10(2)14(18)16-13)12-7-5-6-11(8-12)9-20-3/h5-8,10,13H,4,9H2,1-3H3,(H,16,18). The number of piperazine rings is 1. The third kappa shape index (κ3) is 2.67. The van der Waals surface area contributed by atoms with E-state index < -0.39 is 12.1 Å². The molecule has 0 saturated carbocycles. The Kier molecular flexibility index (Phi) is 4.39. The molecule has 1 aromatic carbocycles. The molecule has 2 amide bonds. The zero-order chi connectivity index (χ0) is 14.7. The molecule has 1 aliphatic heterocycles. The highest BCUT2D eigenvalue weighted by Crippen LogP contribution is 2.23. The van der Waals surface area contributed by atoms with Crippen LogP contribution < -0.4 is 10.2 Å². The van der Waals surface area contributed by atoms with E-state index in [4.69, 9.17) is 4.74 Å². The highest BCUT2D eigenvalue weighted by molar-refractivity contribution is 6.08. The van der Waals surface area contributed by atoms with Crippen molar-refractivity contribution in [2.24, 2.45) is 0 Å². The van der Waals surface area contributed by atoms with Crippen LogP contribution in [0.5, 0.6) is 0 Å². The summed E-state index contributed by atoms with van der Waals surface area (Å²) in [5, 5.41) is 2.75. The van der Waals surface area contributed by atoms with E-state index in [1.807, 2.05) is 31.2 Å². The van der Waals surface area contributed by atoms with Crippen molar-refractivity contribution in [1.29, 1.82) is 0 Å². The van der Waals surface area contributed by atoms with Crippen LogP contribution in [0.25, 0.3) is 0 Å². The molecule has 0 aliphatic carbocycles. The molecule has 2 atom stereocenters. The molecule has 1 aliphatic rings. The van der Waals surface area contributed by atoms with E-state index in [0.29, 0.717) is 13.0 Å². The molecule has 20 heavy (non-hydrogen) atoms. The molecule has 1 aromatic rings. The minimum absolute atomic E-state index is 0.0610. The number of rotatable bonds is 4. The lowest BCUT2D eigenvalue weighted by atomic mass is 10.0. The highest BCUT2D eigenvalue weighted by atomic mass is 16.5. The first-order valence-electron chi connectivity index (χ1n) is 6.79. The fourth-order valence-corrected chi connectivity index (χ4v) is 2.42. The van der Waals surface area contributed by atoms with Crippen LogP contribution in [-0.2, 0) is 20.9 Å². The van der Waals surface area contributed by atoms with Gasteiger partial charge in [-0.15, -0.1) is 0 Å². The number of amides is 2. The fraction of sp³-hybridized carbons (Fsp3) is 0.467. The van der Waals surface area contributed by atoms with Gasteiger partial charge in [0.2, 0.25) is 11.8 Å². The Bertz CT molecular complexity index is 516. The van der Waals surface area contributed by atoms with Gasteiger partial charge in [-0.25, -0.2) is 0 Å². The summed E-state index contributed by atoms with van der Waals surface area (Å²) in [6, 6.07) is 6.61. The molecule has 1 saturated heterocycles. The van der Waals surface area contributed by atoms with Crippen molar-refractivity contribution < 1.29 is 14.3 Å². The predicted molar refractivity (Wildman–Crippen MR) is 76.3 cm³/mol. The van der Waals surface area contributed by atoms with E-state index in [9.17, 15) is 9.59 Å². The van der Waals surface area contributed by atoms with Crippen LogP contribution in [0.15, 0.2) is 24.3 Å². The van der Waals surface area contributed by atoms with Crippen molar-refractivity contribution in [3.05, 3.63) is 29.8 Å². The van der Waals surface area contributed by atoms with Gasteiger partial charge in [0.1, 0.15) is 12.1 Å². The lowest BCUT2D eigenvalue weighted by Crippen LogP contribution is -2.62. The number of methoxy groups -OCH3 is 1. The van der Waals surface area contributed by atoms with Crippen LogP contribution in [0, 0.1) is 0 Å². The molecule has 2 rings (SSSR count). The van der Waals surface area contributed by atoms with Gasteiger partial charge >= 0.3 is 0 Å². The van der Waals surface area contributed by atoms with Gasteiger partial charge < -0.3 is 10.1 Å². The van der Waals surface area contributed by atoms with Gasteiger partial charge in [-0.05, 0) is 31.0 Å². The van der Waals surface area contributed by atoms with Gasteiger partial charge in [-0.3, -0.25) is 14.5 Å². The van der Waals surface area contributed by atoms with Crippen LogP contribution in [0.1, 0.15) is 25.8 Å². The maximum Gasteiger partial charge on any atom is 0.250 e. The maximum absolute atomic E-state index is 12.5. The van der Waals surface area contributed by atoms with Crippen LogP contribution in [-0.4, -0.2) is 31.0 Å². The zero-order valence-corrected chi connectivity index (χ0v) is 12.1. The van der Waals surface area contributed by atoms with Gasteiger partial charge in [-0.2, -0.15) is 0 Å². The topological polar surface area (TPSA) is 58.6 Å². The quantitative estimate of drug-likeness (QED) is 0.906. The summed E-state index contributed by atoms with van der Waals surface area (Å²) in [4.78, 5) is 26.0.